The summed E-state index contributed by atoms with van der Waals surface area (Å²) in [7, 11) is 0. The van der Waals surface area contributed by atoms with E-state index in [1.54, 1.807) is 6.07 Å². The van der Waals surface area contributed by atoms with Crippen LogP contribution in [0.5, 0.6) is 0 Å². The summed E-state index contributed by atoms with van der Waals surface area (Å²) in [6, 6.07) is 10.2. The summed E-state index contributed by atoms with van der Waals surface area (Å²) in [5.41, 5.74) is 10.5. The molecule has 4 nitrogen and oxygen atoms in total. The summed E-state index contributed by atoms with van der Waals surface area (Å²) < 4.78 is 6.28. The Morgan fingerprint density at radius 2 is 1.90 bits per heavy atom. The minimum atomic E-state index is -0.0473. The van der Waals surface area contributed by atoms with Crippen LogP contribution in [0.4, 0.5) is 5.69 Å². The topological polar surface area (TPSA) is 45.5 Å². The van der Waals surface area contributed by atoms with Gasteiger partial charge in [-0.2, -0.15) is 0 Å². The monoisotopic (exact) mass is 398 g/mol. The minimum absolute atomic E-state index is 0.0473. The highest BCUT2D eigenvalue weighted by Crippen LogP contribution is 2.23. The molecule has 1 aliphatic carbocycles. The zero-order valence-electron chi connectivity index (χ0n) is 17.5. The standard InChI is InChI=1S/C26H26N2O2/c1-17-5-10-23-25(29)16-22(30-26(23)24-15-20(17)13-18(2)27-24)14-19-6-8-21(9-7-19)28-11-3-4-12-28/h5-9,13,16,27H,3-4,11-12,14-15H2,1-2H3/b20-17-,26-24-. The van der Waals surface area contributed by atoms with E-state index in [4.69, 9.17) is 4.42 Å². The van der Waals surface area contributed by atoms with E-state index in [2.05, 4.69) is 53.2 Å². The van der Waals surface area contributed by atoms with Gasteiger partial charge in [-0.05, 0) is 67.7 Å². The van der Waals surface area contributed by atoms with Crippen molar-refractivity contribution in [1.29, 1.82) is 0 Å². The van der Waals surface area contributed by atoms with Gasteiger partial charge in [0.15, 0.2) is 5.42 Å². The molecule has 1 saturated heterocycles. The van der Waals surface area contributed by atoms with E-state index in [0.29, 0.717) is 22.8 Å². The first-order valence-electron chi connectivity index (χ1n) is 10.7. The Morgan fingerprint density at radius 1 is 1.13 bits per heavy atom. The molecule has 0 amide bonds. The summed E-state index contributed by atoms with van der Waals surface area (Å²) in [6.45, 7) is 6.36. The molecule has 1 aromatic heterocycles. The fourth-order valence-electron chi connectivity index (χ4n) is 4.46. The van der Waals surface area contributed by atoms with Gasteiger partial charge in [0, 0.05) is 43.4 Å². The van der Waals surface area contributed by atoms with Gasteiger partial charge in [-0.3, -0.25) is 4.79 Å². The van der Waals surface area contributed by atoms with Crippen molar-refractivity contribution in [3.05, 3.63) is 91.5 Å². The van der Waals surface area contributed by atoms with Crippen molar-refractivity contribution in [3.8, 4) is 0 Å². The lowest BCUT2D eigenvalue weighted by molar-refractivity contribution is 0.460. The lowest BCUT2D eigenvalue weighted by atomic mass is 9.98. The third-order valence-electron chi connectivity index (χ3n) is 6.10. The molecule has 4 heteroatoms. The quantitative estimate of drug-likeness (QED) is 0.863. The summed E-state index contributed by atoms with van der Waals surface area (Å²) >= 11 is 0. The Kier molecular flexibility index (Phi) is 4.72. The SMILES string of the molecule is CC1=C/C2=C(\C)C=C=c3c(=O)cc(Cc4ccc(N5CCCC5)cc4)o/c3=C(/C2)N1. The van der Waals surface area contributed by atoms with E-state index >= 15 is 0 Å². The number of nitrogens with zero attached hydrogens (tertiary/aromatic N) is 1. The number of rotatable bonds is 3. The van der Waals surface area contributed by atoms with Crippen molar-refractivity contribution in [3.63, 3.8) is 0 Å². The van der Waals surface area contributed by atoms with Gasteiger partial charge >= 0.3 is 0 Å². The fourth-order valence-corrected chi connectivity index (χ4v) is 4.46. The molecule has 1 aromatic carbocycles. The molecule has 2 bridgehead atoms. The van der Waals surface area contributed by atoms with Gasteiger partial charge in [0.1, 0.15) is 11.0 Å². The van der Waals surface area contributed by atoms with Crippen molar-refractivity contribution in [2.45, 2.75) is 39.5 Å². The lowest BCUT2D eigenvalue weighted by Crippen LogP contribution is -2.42. The molecule has 5 rings (SSSR count). The minimum Gasteiger partial charge on any atom is -0.458 e. The molecular weight excluding hydrogens is 372 g/mol. The highest BCUT2D eigenvalue weighted by molar-refractivity contribution is 5.58. The maximum Gasteiger partial charge on any atom is 0.200 e. The third kappa shape index (κ3) is 3.55. The van der Waals surface area contributed by atoms with Gasteiger partial charge < -0.3 is 14.6 Å². The number of allylic oxidation sites excluding steroid dienone is 4. The molecular formula is C26H26N2O2. The van der Waals surface area contributed by atoms with Gasteiger partial charge in [0.05, 0.1) is 5.70 Å². The zero-order valence-corrected chi connectivity index (χ0v) is 17.5. The van der Waals surface area contributed by atoms with Crippen LogP contribution in [0, 0.1) is 0 Å². The molecule has 0 unspecified atom stereocenters. The van der Waals surface area contributed by atoms with Crippen molar-refractivity contribution < 1.29 is 4.42 Å². The number of benzene rings is 1. The van der Waals surface area contributed by atoms with Crippen LogP contribution in [0.3, 0.4) is 0 Å². The molecule has 152 valence electrons. The van der Waals surface area contributed by atoms with E-state index in [9.17, 15) is 4.79 Å². The molecule has 3 heterocycles. The predicted octanol–water partition coefficient (Wildman–Crippen LogP) is 3.10. The molecule has 0 spiro atoms. The van der Waals surface area contributed by atoms with Gasteiger partial charge in [-0.15, -0.1) is 5.73 Å². The molecule has 1 fully saturated rings. The first-order valence-corrected chi connectivity index (χ1v) is 10.7. The van der Waals surface area contributed by atoms with E-state index in [0.717, 1.165) is 42.0 Å². The number of anilines is 1. The Hall–Kier alpha value is -3.23. The fraction of sp³-hybridized carbons (Fsp3) is 0.308. The average Bonchev–Trinajstić information content (AvgIpc) is 3.27. The van der Waals surface area contributed by atoms with E-state index in [1.165, 1.54) is 24.1 Å². The largest absolute Gasteiger partial charge is 0.458 e. The second-order valence-electron chi connectivity index (χ2n) is 8.42. The first kappa shape index (κ1) is 18.8. The van der Waals surface area contributed by atoms with Crippen LogP contribution < -0.4 is 26.3 Å². The van der Waals surface area contributed by atoms with Gasteiger partial charge in [-0.1, -0.05) is 12.1 Å². The zero-order chi connectivity index (χ0) is 20.7. The van der Waals surface area contributed by atoms with Crippen LogP contribution in [0.2, 0.25) is 0 Å². The molecule has 30 heavy (non-hydrogen) atoms. The highest BCUT2D eigenvalue weighted by atomic mass is 16.3. The van der Waals surface area contributed by atoms with Gasteiger partial charge in [0.25, 0.3) is 0 Å². The number of hydrogen-bond acceptors (Lipinski definition) is 4. The molecule has 3 aliphatic rings. The number of fused-ring (bicyclic) bond motifs is 3. The van der Waals surface area contributed by atoms with E-state index in [1.807, 2.05) is 13.0 Å². The molecule has 2 aromatic rings. The maximum absolute atomic E-state index is 12.9. The Bertz CT molecular complexity index is 1280. The lowest BCUT2D eigenvalue weighted by Gasteiger charge is -2.20. The molecule has 2 aliphatic heterocycles. The molecule has 0 atom stereocenters. The Labute approximate surface area is 176 Å². The van der Waals surface area contributed by atoms with E-state index in [-0.39, 0.29) is 5.43 Å². The van der Waals surface area contributed by atoms with Gasteiger partial charge in [0.2, 0.25) is 5.43 Å². The number of nitrogens with one attached hydrogen (secondary N) is 1. The average molecular weight is 399 g/mol. The molecule has 0 saturated carbocycles. The second-order valence-corrected chi connectivity index (χ2v) is 8.42. The van der Waals surface area contributed by atoms with Crippen LogP contribution in [0.1, 0.15) is 44.4 Å². The summed E-state index contributed by atoms with van der Waals surface area (Å²) in [6.07, 6.45) is 7.90. The Balaban J connectivity index is 1.54. The second kappa shape index (κ2) is 7.55. The van der Waals surface area contributed by atoms with Crippen molar-refractivity contribution in [2.75, 3.05) is 18.0 Å². The first-order chi connectivity index (χ1) is 14.6. The molecule has 1 N–H and O–H groups in total. The summed E-state index contributed by atoms with van der Waals surface area (Å²) in [5.74, 6) is 0.679. The van der Waals surface area contributed by atoms with Crippen molar-refractivity contribution in [1.82, 2.24) is 5.32 Å². The normalized spacial score (nSPS) is 21.9. The van der Waals surface area contributed by atoms with Crippen LogP contribution in [-0.2, 0) is 6.42 Å². The summed E-state index contributed by atoms with van der Waals surface area (Å²) in [4.78, 5) is 15.3. The third-order valence-corrected chi connectivity index (χ3v) is 6.10. The van der Waals surface area contributed by atoms with Crippen molar-refractivity contribution >= 4 is 17.1 Å². The number of hydrogen-bond donors (Lipinski definition) is 1. The van der Waals surface area contributed by atoms with E-state index < -0.39 is 0 Å². The van der Waals surface area contributed by atoms with Crippen LogP contribution in [0.15, 0.2) is 68.5 Å². The smallest absolute Gasteiger partial charge is 0.200 e. The van der Waals surface area contributed by atoms with Crippen molar-refractivity contribution in [2.24, 2.45) is 0 Å². The summed E-state index contributed by atoms with van der Waals surface area (Å²) in [5, 5.41) is 3.90. The highest BCUT2D eigenvalue weighted by Gasteiger charge is 2.16. The maximum atomic E-state index is 12.9. The molecule has 0 radical (unpaired) electrons. The predicted molar refractivity (Wildman–Crippen MR) is 121 cm³/mol. The van der Waals surface area contributed by atoms with Crippen LogP contribution >= 0.6 is 0 Å². The van der Waals surface area contributed by atoms with Crippen LogP contribution in [0.25, 0.3) is 11.4 Å². The van der Waals surface area contributed by atoms with Crippen LogP contribution in [-0.4, -0.2) is 13.1 Å². The Morgan fingerprint density at radius 3 is 2.67 bits per heavy atom. The van der Waals surface area contributed by atoms with Gasteiger partial charge in [-0.25, -0.2) is 0 Å².